The van der Waals surface area contributed by atoms with Crippen molar-refractivity contribution in [2.24, 2.45) is 5.92 Å². The van der Waals surface area contributed by atoms with E-state index in [9.17, 15) is 22.8 Å². The zero-order valence-corrected chi connectivity index (χ0v) is 10.3. The summed E-state index contributed by atoms with van der Waals surface area (Å²) in [6.07, 6.45) is -1.85. The Hall–Kier alpha value is -2.12. The Bertz CT molecular complexity index is 510. The third-order valence-electron chi connectivity index (χ3n) is 2.74. The van der Waals surface area contributed by atoms with E-state index in [0.717, 1.165) is 12.8 Å². The second-order valence-electron chi connectivity index (χ2n) is 4.50. The van der Waals surface area contributed by atoms with E-state index < -0.39 is 12.1 Å². The highest BCUT2D eigenvalue weighted by Gasteiger charge is 2.38. The first-order valence-electron chi connectivity index (χ1n) is 5.97. The fraction of sp³-hybridized carbons (Fsp3) is 0.417. The van der Waals surface area contributed by atoms with Crippen molar-refractivity contribution in [2.75, 3.05) is 5.32 Å². The van der Waals surface area contributed by atoms with Crippen LogP contribution < -0.4 is 10.6 Å². The van der Waals surface area contributed by atoms with E-state index in [-0.39, 0.29) is 24.2 Å². The molecule has 1 fully saturated rings. The zero-order chi connectivity index (χ0) is 14.8. The van der Waals surface area contributed by atoms with Crippen LogP contribution in [-0.2, 0) is 16.1 Å². The van der Waals surface area contributed by atoms with E-state index in [1.54, 1.807) is 5.32 Å². The summed E-state index contributed by atoms with van der Waals surface area (Å²) in [5, 5.41) is 4.34. The van der Waals surface area contributed by atoms with E-state index in [1.807, 2.05) is 0 Å². The Kier molecular flexibility index (Phi) is 3.91. The molecule has 5 nitrogen and oxygen atoms in total. The van der Waals surface area contributed by atoms with Crippen LogP contribution in [0.5, 0.6) is 0 Å². The van der Waals surface area contributed by atoms with Gasteiger partial charge in [-0.1, -0.05) is 6.07 Å². The largest absolute Gasteiger partial charge is 0.471 e. The molecule has 108 valence electrons. The van der Waals surface area contributed by atoms with Gasteiger partial charge in [0.2, 0.25) is 5.91 Å². The third kappa shape index (κ3) is 3.94. The van der Waals surface area contributed by atoms with Crippen molar-refractivity contribution in [2.45, 2.75) is 25.6 Å². The number of alkyl halides is 3. The first-order valence-corrected chi connectivity index (χ1v) is 5.97. The molecule has 1 saturated carbocycles. The number of nitrogens with one attached hydrogen (secondary N) is 2. The number of hydrogen-bond donors (Lipinski definition) is 2. The average Bonchev–Trinajstić information content (AvgIpc) is 3.20. The predicted molar refractivity (Wildman–Crippen MR) is 63.5 cm³/mol. The summed E-state index contributed by atoms with van der Waals surface area (Å²) in [5.74, 6) is -2.20. The minimum absolute atomic E-state index is 0.0283. The van der Waals surface area contributed by atoms with Gasteiger partial charge in [0.1, 0.15) is 5.82 Å². The van der Waals surface area contributed by atoms with Gasteiger partial charge in [-0.3, -0.25) is 9.59 Å². The number of nitrogens with zero attached hydrogens (tertiary/aromatic N) is 1. The van der Waals surface area contributed by atoms with E-state index in [1.165, 1.54) is 18.3 Å². The molecule has 1 heterocycles. The number of aromatic nitrogens is 1. The summed E-state index contributed by atoms with van der Waals surface area (Å²) >= 11 is 0. The standard InChI is InChI=1S/C12H12F3N3O2/c13-12(14,15)11(20)18-9-4-1-7(5-16-9)6-17-10(19)8-2-3-8/h1,4-5,8H,2-3,6H2,(H,17,19)(H,16,18,20). The molecule has 2 amide bonds. The molecule has 0 atom stereocenters. The zero-order valence-electron chi connectivity index (χ0n) is 10.3. The lowest BCUT2D eigenvalue weighted by atomic mass is 10.2. The quantitative estimate of drug-likeness (QED) is 0.883. The van der Waals surface area contributed by atoms with Crippen LogP contribution in [0.1, 0.15) is 18.4 Å². The minimum atomic E-state index is -4.95. The lowest BCUT2D eigenvalue weighted by Crippen LogP contribution is -2.30. The highest BCUT2D eigenvalue weighted by atomic mass is 19.4. The van der Waals surface area contributed by atoms with Crippen LogP contribution in [0.4, 0.5) is 19.0 Å². The number of hydrogen-bond acceptors (Lipinski definition) is 3. The summed E-state index contributed by atoms with van der Waals surface area (Å²) in [5.41, 5.74) is 0.643. The first kappa shape index (κ1) is 14.3. The molecule has 0 aliphatic heterocycles. The van der Waals surface area contributed by atoms with Crippen LogP contribution in [0.15, 0.2) is 18.3 Å². The summed E-state index contributed by atoms with van der Waals surface area (Å²) in [7, 11) is 0. The Morgan fingerprint density at radius 3 is 2.50 bits per heavy atom. The van der Waals surface area contributed by atoms with Gasteiger partial charge in [-0.25, -0.2) is 4.98 Å². The third-order valence-corrected chi connectivity index (χ3v) is 2.74. The van der Waals surface area contributed by atoms with Gasteiger partial charge in [0.25, 0.3) is 0 Å². The molecule has 0 unspecified atom stereocenters. The molecule has 1 aromatic heterocycles. The van der Waals surface area contributed by atoms with E-state index >= 15 is 0 Å². The number of carbonyl (C=O) groups excluding carboxylic acids is 2. The second-order valence-corrected chi connectivity index (χ2v) is 4.50. The van der Waals surface area contributed by atoms with Gasteiger partial charge in [-0.15, -0.1) is 0 Å². The molecule has 1 aliphatic rings. The van der Waals surface area contributed by atoms with Gasteiger partial charge >= 0.3 is 12.1 Å². The number of carbonyl (C=O) groups is 2. The molecule has 1 aliphatic carbocycles. The lowest BCUT2D eigenvalue weighted by Gasteiger charge is -2.08. The van der Waals surface area contributed by atoms with E-state index in [2.05, 4.69) is 10.3 Å². The highest BCUT2D eigenvalue weighted by Crippen LogP contribution is 2.28. The number of amides is 2. The first-order chi connectivity index (χ1) is 9.36. The maximum Gasteiger partial charge on any atom is 0.471 e. The smallest absolute Gasteiger partial charge is 0.352 e. The normalized spacial score (nSPS) is 14.8. The van der Waals surface area contributed by atoms with Crippen molar-refractivity contribution in [1.82, 2.24) is 10.3 Å². The van der Waals surface area contributed by atoms with Crippen LogP contribution in [0, 0.1) is 5.92 Å². The van der Waals surface area contributed by atoms with Gasteiger partial charge in [0, 0.05) is 18.7 Å². The topological polar surface area (TPSA) is 71.1 Å². The maximum atomic E-state index is 12.0. The molecule has 2 N–H and O–H groups in total. The van der Waals surface area contributed by atoms with Crippen LogP contribution in [0.2, 0.25) is 0 Å². The minimum Gasteiger partial charge on any atom is -0.352 e. The fourth-order valence-electron chi connectivity index (χ4n) is 1.47. The van der Waals surface area contributed by atoms with Crippen molar-refractivity contribution in [3.8, 4) is 0 Å². The Labute approximate surface area is 112 Å². The van der Waals surface area contributed by atoms with Gasteiger partial charge in [0.15, 0.2) is 0 Å². The van der Waals surface area contributed by atoms with E-state index in [0.29, 0.717) is 5.56 Å². The van der Waals surface area contributed by atoms with Crippen molar-refractivity contribution < 1.29 is 22.8 Å². The monoisotopic (exact) mass is 287 g/mol. The number of pyridine rings is 1. The van der Waals surface area contributed by atoms with Gasteiger partial charge in [-0.2, -0.15) is 13.2 Å². The van der Waals surface area contributed by atoms with Crippen LogP contribution in [-0.4, -0.2) is 23.0 Å². The van der Waals surface area contributed by atoms with Crippen molar-refractivity contribution in [1.29, 1.82) is 0 Å². The van der Waals surface area contributed by atoms with Crippen molar-refractivity contribution in [3.63, 3.8) is 0 Å². The van der Waals surface area contributed by atoms with Crippen molar-refractivity contribution in [3.05, 3.63) is 23.9 Å². The average molecular weight is 287 g/mol. The fourth-order valence-corrected chi connectivity index (χ4v) is 1.47. The Balaban J connectivity index is 1.86. The van der Waals surface area contributed by atoms with Gasteiger partial charge in [0.05, 0.1) is 0 Å². The molecule has 0 saturated heterocycles. The molecular formula is C12H12F3N3O2. The Morgan fingerprint density at radius 2 is 2.00 bits per heavy atom. The van der Waals surface area contributed by atoms with Gasteiger partial charge in [-0.05, 0) is 24.5 Å². The molecule has 0 bridgehead atoms. The number of rotatable bonds is 4. The summed E-state index contributed by atoms with van der Waals surface area (Å²) in [6, 6.07) is 2.74. The summed E-state index contributed by atoms with van der Waals surface area (Å²) in [6.45, 7) is 0.260. The molecule has 2 rings (SSSR count). The lowest BCUT2D eigenvalue weighted by molar-refractivity contribution is -0.167. The van der Waals surface area contributed by atoms with Gasteiger partial charge < -0.3 is 10.6 Å². The van der Waals surface area contributed by atoms with Crippen molar-refractivity contribution >= 4 is 17.6 Å². The number of anilines is 1. The van der Waals surface area contributed by atoms with Crippen LogP contribution in [0.3, 0.4) is 0 Å². The number of halogens is 3. The summed E-state index contributed by atoms with van der Waals surface area (Å²) in [4.78, 5) is 25.8. The van der Waals surface area contributed by atoms with E-state index in [4.69, 9.17) is 0 Å². The molecule has 8 heteroatoms. The molecular weight excluding hydrogens is 275 g/mol. The predicted octanol–water partition coefficient (Wildman–Crippen LogP) is 1.61. The molecule has 0 radical (unpaired) electrons. The van der Waals surface area contributed by atoms with Crippen LogP contribution in [0.25, 0.3) is 0 Å². The molecule has 0 spiro atoms. The van der Waals surface area contributed by atoms with Crippen LogP contribution >= 0.6 is 0 Å². The maximum absolute atomic E-state index is 12.0. The SMILES string of the molecule is O=C(NCc1ccc(NC(=O)C(F)(F)F)nc1)C1CC1. The Morgan fingerprint density at radius 1 is 1.30 bits per heavy atom. The molecule has 1 aromatic rings. The highest BCUT2D eigenvalue weighted by molar-refractivity contribution is 5.94. The summed E-state index contributed by atoms with van der Waals surface area (Å²) < 4.78 is 36.1. The molecule has 20 heavy (non-hydrogen) atoms. The second kappa shape index (κ2) is 5.48. The molecule has 0 aromatic carbocycles.